The lowest BCUT2D eigenvalue weighted by molar-refractivity contribution is -0.384. The molecule has 1 aromatic carbocycles. The molecule has 0 spiro atoms. The van der Waals surface area contributed by atoms with Gasteiger partial charge in [-0.2, -0.15) is 5.10 Å². The summed E-state index contributed by atoms with van der Waals surface area (Å²) in [7, 11) is 0. The Morgan fingerprint density at radius 1 is 1.47 bits per heavy atom. The molecule has 6 nitrogen and oxygen atoms in total. The molecule has 6 heteroatoms. The minimum atomic E-state index is -0.513. The summed E-state index contributed by atoms with van der Waals surface area (Å²) in [6.07, 6.45) is 3.36. The molecule has 0 aliphatic carbocycles. The zero-order valence-corrected chi connectivity index (χ0v) is 9.42. The first-order chi connectivity index (χ1) is 8.15. The van der Waals surface area contributed by atoms with Crippen molar-refractivity contribution < 1.29 is 9.72 Å². The van der Waals surface area contributed by atoms with Crippen molar-refractivity contribution in [2.24, 2.45) is 5.10 Å². The van der Waals surface area contributed by atoms with Crippen LogP contribution in [0.5, 0.6) is 0 Å². The second-order valence-corrected chi connectivity index (χ2v) is 3.35. The SMILES string of the molecule is CCCC=NNC(=O)c1ccc([N+](=O)[O-])cc1. The predicted molar refractivity (Wildman–Crippen MR) is 64.0 cm³/mol. The second kappa shape index (κ2) is 6.37. The molecular formula is C11H13N3O3. The normalized spacial score (nSPS) is 10.4. The van der Waals surface area contributed by atoms with Crippen molar-refractivity contribution in [2.75, 3.05) is 0 Å². The summed E-state index contributed by atoms with van der Waals surface area (Å²) in [5, 5.41) is 14.1. The van der Waals surface area contributed by atoms with E-state index in [4.69, 9.17) is 0 Å². The molecule has 0 atom stereocenters. The van der Waals surface area contributed by atoms with E-state index in [-0.39, 0.29) is 11.6 Å². The number of nitro benzene ring substituents is 1. The van der Waals surface area contributed by atoms with Gasteiger partial charge in [0.2, 0.25) is 0 Å². The minimum Gasteiger partial charge on any atom is -0.267 e. The largest absolute Gasteiger partial charge is 0.271 e. The number of benzene rings is 1. The van der Waals surface area contributed by atoms with Gasteiger partial charge < -0.3 is 0 Å². The van der Waals surface area contributed by atoms with Crippen LogP contribution in [-0.4, -0.2) is 17.0 Å². The smallest absolute Gasteiger partial charge is 0.267 e. The van der Waals surface area contributed by atoms with Gasteiger partial charge in [-0.05, 0) is 18.6 Å². The fraction of sp³-hybridized carbons (Fsp3) is 0.273. The lowest BCUT2D eigenvalue weighted by Crippen LogP contribution is -2.17. The molecule has 0 saturated carbocycles. The number of non-ortho nitro benzene ring substituents is 1. The van der Waals surface area contributed by atoms with Gasteiger partial charge in [-0.25, -0.2) is 5.43 Å². The molecule has 0 aliphatic heterocycles. The number of amides is 1. The summed E-state index contributed by atoms with van der Waals surface area (Å²) >= 11 is 0. The molecule has 0 heterocycles. The number of nitrogens with zero attached hydrogens (tertiary/aromatic N) is 2. The Hall–Kier alpha value is -2.24. The number of hydrazone groups is 1. The standard InChI is InChI=1S/C11H13N3O3/c1-2-3-8-12-13-11(15)9-4-6-10(7-5-9)14(16)17/h4-8H,2-3H2,1H3,(H,13,15). The van der Waals surface area contributed by atoms with Gasteiger partial charge in [0, 0.05) is 23.9 Å². The third kappa shape index (κ3) is 4.02. The summed E-state index contributed by atoms with van der Waals surface area (Å²) in [5.41, 5.74) is 2.64. The summed E-state index contributed by atoms with van der Waals surface area (Å²) in [6, 6.07) is 5.35. The molecule has 0 unspecified atom stereocenters. The minimum absolute atomic E-state index is 0.0453. The first kappa shape index (κ1) is 12.8. The van der Waals surface area contributed by atoms with Crippen LogP contribution in [0.4, 0.5) is 5.69 Å². The number of unbranched alkanes of at least 4 members (excludes halogenated alkanes) is 1. The Balaban J connectivity index is 2.60. The van der Waals surface area contributed by atoms with E-state index in [1.807, 2.05) is 6.92 Å². The summed E-state index contributed by atoms with van der Waals surface area (Å²) in [4.78, 5) is 21.4. The van der Waals surface area contributed by atoms with E-state index < -0.39 is 4.92 Å². The summed E-state index contributed by atoms with van der Waals surface area (Å²) < 4.78 is 0. The molecule has 1 N–H and O–H groups in total. The third-order valence-corrected chi connectivity index (χ3v) is 2.02. The molecule has 0 aliphatic rings. The van der Waals surface area contributed by atoms with Crippen LogP contribution >= 0.6 is 0 Å². The maximum absolute atomic E-state index is 11.5. The highest BCUT2D eigenvalue weighted by Crippen LogP contribution is 2.11. The van der Waals surface area contributed by atoms with Crippen LogP contribution < -0.4 is 5.43 Å². The van der Waals surface area contributed by atoms with Crippen molar-refractivity contribution in [3.05, 3.63) is 39.9 Å². The quantitative estimate of drug-likeness (QED) is 0.482. The van der Waals surface area contributed by atoms with Gasteiger partial charge in [-0.1, -0.05) is 13.3 Å². The third-order valence-electron chi connectivity index (χ3n) is 2.02. The molecule has 0 aromatic heterocycles. The van der Waals surface area contributed by atoms with Crippen LogP contribution in [-0.2, 0) is 0 Å². The zero-order chi connectivity index (χ0) is 12.7. The Labute approximate surface area is 98.5 Å². The van der Waals surface area contributed by atoms with E-state index >= 15 is 0 Å². The maximum Gasteiger partial charge on any atom is 0.271 e. The Morgan fingerprint density at radius 3 is 2.65 bits per heavy atom. The first-order valence-corrected chi connectivity index (χ1v) is 5.21. The fourth-order valence-corrected chi connectivity index (χ4v) is 1.10. The number of hydrogen-bond donors (Lipinski definition) is 1. The fourth-order valence-electron chi connectivity index (χ4n) is 1.10. The van der Waals surface area contributed by atoms with E-state index in [0.717, 1.165) is 12.8 Å². The highest BCUT2D eigenvalue weighted by Gasteiger charge is 2.08. The number of carbonyl (C=O) groups is 1. The molecule has 1 aromatic rings. The van der Waals surface area contributed by atoms with Gasteiger partial charge in [-0.3, -0.25) is 14.9 Å². The van der Waals surface area contributed by atoms with Crippen molar-refractivity contribution in [2.45, 2.75) is 19.8 Å². The Bertz CT molecular complexity index is 426. The lowest BCUT2D eigenvalue weighted by Gasteiger charge is -1.98. The average molecular weight is 235 g/mol. The summed E-state index contributed by atoms with van der Waals surface area (Å²) in [6.45, 7) is 2.00. The highest BCUT2D eigenvalue weighted by molar-refractivity contribution is 5.94. The first-order valence-electron chi connectivity index (χ1n) is 5.21. The number of nitro groups is 1. The molecule has 1 amide bonds. The Kier molecular flexibility index (Phi) is 4.80. The van der Waals surface area contributed by atoms with Crippen molar-refractivity contribution in [3.63, 3.8) is 0 Å². The van der Waals surface area contributed by atoms with E-state index in [0.29, 0.717) is 5.56 Å². The van der Waals surface area contributed by atoms with Crippen LogP contribution in [0.25, 0.3) is 0 Å². The van der Waals surface area contributed by atoms with Gasteiger partial charge in [0.25, 0.3) is 11.6 Å². The topological polar surface area (TPSA) is 84.6 Å². The van der Waals surface area contributed by atoms with Crippen LogP contribution in [0.1, 0.15) is 30.1 Å². The van der Waals surface area contributed by atoms with Crippen LogP contribution in [0.15, 0.2) is 29.4 Å². The van der Waals surface area contributed by atoms with Gasteiger partial charge in [-0.15, -0.1) is 0 Å². The van der Waals surface area contributed by atoms with E-state index in [2.05, 4.69) is 10.5 Å². The van der Waals surface area contributed by atoms with Crippen molar-refractivity contribution in [1.82, 2.24) is 5.43 Å². The van der Waals surface area contributed by atoms with E-state index in [1.165, 1.54) is 24.3 Å². The molecular weight excluding hydrogens is 222 g/mol. The van der Waals surface area contributed by atoms with Gasteiger partial charge in [0.05, 0.1) is 4.92 Å². The van der Waals surface area contributed by atoms with Gasteiger partial charge in [0.15, 0.2) is 0 Å². The van der Waals surface area contributed by atoms with Gasteiger partial charge in [0.1, 0.15) is 0 Å². The summed E-state index contributed by atoms with van der Waals surface area (Å²) in [5.74, 6) is -0.382. The van der Waals surface area contributed by atoms with Gasteiger partial charge >= 0.3 is 0 Å². The molecule has 0 fully saturated rings. The van der Waals surface area contributed by atoms with Crippen LogP contribution in [0.2, 0.25) is 0 Å². The predicted octanol–water partition coefficient (Wildman–Crippen LogP) is 2.11. The maximum atomic E-state index is 11.5. The molecule has 0 bridgehead atoms. The zero-order valence-electron chi connectivity index (χ0n) is 9.42. The molecule has 1 rings (SSSR count). The number of rotatable bonds is 5. The molecule has 17 heavy (non-hydrogen) atoms. The lowest BCUT2D eigenvalue weighted by atomic mass is 10.2. The highest BCUT2D eigenvalue weighted by atomic mass is 16.6. The average Bonchev–Trinajstić information content (AvgIpc) is 2.34. The van der Waals surface area contributed by atoms with Crippen molar-refractivity contribution in [1.29, 1.82) is 0 Å². The van der Waals surface area contributed by atoms with E-state index in [9.17, 15) is 14.9 Å². The Morgan fingerprint density at radius 2 is 2.12 bits per heavy atom. The van der Waals surface area contributed by atoms with E-state index in [1.54, 1.807) is 6.21 Å². The number of carbonyl (C=O) groups excluding carboxylic acids is 1. The van der Waals surface area contributed by atoms with Crippen LogP contribution in [0.3, 0.4) is 0 Å². The van der Waals surface area contributed by atoms with Crippen LogP contribution in [0, 0.1) is 10.1 Å². The molecule has 90 valence electrons. The van der Waals surface area contributed by atoms with Crippen molar-refractivity contribution >= 4 is 17.8 Å². The van der Waals surface area contributed by atoms with Crippen molar-refractivity contribution in [3.8, 4) is 0 Å². The molecule has 0 saturated heterocycles. The number of nitrogens with one attached hydrogen (secondary N) is 1. The number of hydrogen-bond acceptors (Lipinski definition) is 4. The monoisotopic (exact) mass is 235 g/mol. The molecule has 0 radical (unpaired) electrons. The second-order valence-electron chi connectivity index (χ2n) is 3.35.